The molecule has 0 saturated carbocycles. The molecule has 10 heteroatoms. The van der Waals surface area contributed by atoms with Crippen LogP contribution in [0.4, 0.5) is 11.5 Å². The average molecular weight is 462 g/mol. The van der Waals surface area contributed by atoms with E-state index in [-0.39, 0.29) is 24.1 Å². The Morgan fingerprint density at radius 3 is 2.79 bits per heavy atom. The van der Waals surface area contributed by atoms with Gasteiger partial charge >= 0.3 is 0 Å². The van der Waals surface area contributed by atoms with Crippen LogP contribution in [0, 0.1) is 30.1 Å². The van der Waals surface area contributed by atoms with Crippen LogP contribution in [0.15, 0.2) is 29.3 Å². The normalized spacial score (nSPS) is 17.8. The fourth-order valence-corrected chi connectivity index (χ4v) is 4.28. The Morgan fingerprint density at radius 1 is 1.24 bits per heavy atom. The Kier molecular flexibility index (Phi) is 7.41. The first-order valence-corrected chi connectivity index (χ1v) is 11.3. The number of rotatable bonds is 5. The summed E-state index contributed by atoms with van der Waals surface area (Å²) in [6, 6.07) is 5.79. The highest BCUT2D eigenvalue weighted by Crippen LogP contribution is 2.26. The van der Waals surface area contributed by atoms with Crippen LogP contribution in [0.25, 0.3) is 0 Å². The van der Waals surface area contributed by atoms with Gasteiger partial charge in [0.05, 0.1) is 30.1 Å². The van der Waals surface area contributed by atoms with Gasteiger partial charge in [-0.25, -0.2) is 10.1 Å². The number of piperazine rings is 1. The lowest BCUT2D eigenvalue weighted by Crippen LogP contribution is -2.48. The third-order valence-electron chi connectivity index (χ3n) is 6.21. The number of aromatic nitrogens is 3. The number of H-pyrrole nitrogens is 1. The molecule has 0 bridgehead atoms. The van der Waals surface area contributed by atoms with E-state index in [4.69, 9.17) is 10.00 Å². The summed E-state index contributed by atoms with van der Waals surface area (Å²) in [5.74, 6) is 6.11. The number of nitrogens with zero attached hydrogens (tertiary/aromatic N) is 6. The number of aromatic amines is 1. The topological polar surface area (TPSA) is 118 Å². The maximum atomic E-state index is 12.4. The maximum Gasteiger partial charge on any atom is 0.298 e. The fraction of sp³-hybridized carbons (Fsp3) is 0.458. The van der Waals surface area contributed by atoms with Crippen LogP contribution >= 0.6 is 0 Å². The molecule has 0 radical (unpaired) electrons. The second kappa shape index (κ2) is 10.8. The van der Waals surface area contributed by atoms with Gasteiger partial charge in [-0.05, 0) is 37.8 Å². The Morgan fingerprint density at radius 2 is 2.06 bits per heavy atom. The van der Waals surface area contributed by atoms with Gasteiger partial charge in [0.15, 0.2) is 0 Å². The third kappa shape index (κ3) is 5.36. The summed E-state index contributed by atoms with van der Waals surface area (Å²) in [6.45, 7) is 5.77. The van der Waals surface area contributed by atoms with Gasteiger partial charge in [-0.3, -0.25) is 9.59 Å². The van der Waals surface area contributed by atoms with Gasteiger partial charge in [-0.2, -0.15) is 10.4 Å². The molecule has 2 aliphatic heterocycles. The molecule has 2 aliphatic rings. The number of ether oxygens (including phenoxy) is 1. The minimum atomic E-state index is -0.205. The molecule has 2 aromatic rings. The van der Waals surface area contributed by atoms with Crippen LogP contribution < -0.4 is 15.4 Å². The smallest absolute Gasteiger partial charge is 0.298 e. The molecular weight excluding hydrogens is 434 g/mol. The van der Waals surface area contributed by atoms with Gasteiger partial charge in [0.1, 0.15) is 18.5 Å². The summed E-state index contributed by atoms with van der Waals surface area (Å²) >= 11 is 0. The van der Waals surface area contributed by atoms with Gasteiger partial charge in [-0.15, -0.1) is 0 Å². The summed E-state index contributed by atoms with van der Waals surface area (Å²) < 4.78 is 5.74. The van der Waals surface area contributed by atoms with Gasteiger partial charge in [-0.1, -0.05) is 5.92 Å². The highest BCUT2D eigenvalue weighted by molar-refractivity contribution is 5.93. The second-order valence-corrected chi connectivity index (χ2v) is 8.31. The first-order valence-electron chi connectivity index (χ1n) is 11.3. The number of nitrogens with one attached hydrogen (secondary N) is 1. The molecule has 0 spiro atoms. The van der Waals surface area contributed by atoms with Crippen molar-refractivity contribution >= 4 is 17.4 Å². The van der Waals surface area contributed by atoms with E-state index in [1.54, 1.807) is 30.3 Å². The van der Waals surface area contributed by atoms with Crippen molar-refractivity contribution in [2.75, 3.05) is 55.7 Å². The first-order chi connectivity index (χ1) is 16.6. The van der Waals surface area contributed by atoms with Crippen molar-refractivity contribution in [2.24, 2.45) is 0 Å². The summed E-state index contributed by atoms with van der Waals surface area (Å²) in [6.07, 6.45) is 5.23. The van der Waals surface area contributed by atoms with Crippen molar-refractivity contribution in [1.29, 1.82) is 5.26 Å². The van der Waals surface area contributed by atoms with Gasteiger partial charge in [0, 0.05) is 44.5 Å². The predicted molar refractivity (Wildman–Crippen MR) is 126 cm³/mol. The number of carbonyl (C=O) groups excluding carboxylic acids is 1. The average Bonchev–Trinajstić information content (AvgIpc) is 3.34. The predicted octanol–water partition coefficient (Wildman–Crippen LogP) is 0.683. The monoisotopic (exact) mass is 461 g/mol. The zero-order valence-corrected chi connectivity index (χ0v) is 19.2. The lowest BCUT2D eigenvalue weighted by atomic mass is 10.2. The Labute approximate surface area is 198 Å². The van der Waals surface area contributed by atoms with Crippen molar-refractivity contribution in [3.05, 3.63) is 46.0 Å². The highest BCUT2D eigenvalue weighted by Gasteiger charge is 2.27. The number of hydrogen-bond donors (Lipinski definition) is 1. The van der Waals surface area contributed by atoms with Gasteiger partial charge in [0.2, 0.25) is 0 Å². The molecule has 176 valence electrons. The van der Waals surface area contributed by atoms with E-state index in [1.807, 2.05) is 6.07 Å². The Hall–Kier alpha value is -3.89. The lowest BCUT2D eigenvalue weighted by Gasteiger charge is -2.34. The summed E-state index contributed by atoms with van der Waals surface area (Å²) in [4.78, 5) is 34.6. The molecule has 1 atom stereocenters. The van der Waals surface area contributed by atoms with Crippen LogP contribution in [0.3, 0.4) is 0 Å². The van der Waals surface area contributed by atoms with Crippen LogP contribution in [0.1, 0.15) is 24.0 Å². The van der Waals surface area contributed by atoms with E-state index in [0.717, 1.165) is 30.9 Å². The van der Waals surface area contributed by atoms with Crippen LogP contribution in [-0.2, 0) is 9.53 Å². The first kappa shape index (κ1) is 23.3. The van der Waals surface area contributed by atoms with E-state index in [9.17, 15) is 9.59 Å². The summed E-state index contributed by atoms with van der Waals surface area (Å²) in [5.41, 5.74) is 1.84. The Balaban J connectivity index is 1.21. The minimum Gasteiger partial charge on any atom is -0.367 e. The number of carbonyl (C=O) groups is 1. The van der Waals surface area contributed by atoms with Gasteiger partial charge in [0.25, 0.3) is 11.5 Å². The van der Waals surface area contributed by atoms with Crippen LogP contribution in [-0.4, -0.2) is 78.0 Å². The van der Waals surface area contributed by atoms with E-state index in [1.165, 1.54) is 0 Å². The quantitative estimate of drug-likeness (QED) is 0.510. The molecule has 0 unspecified atom stereocenters. The molecule has 34 heavy (non-hydrogen) atoms. The second-order valence-electron chi connectivity index (χ2n) is 8.31. The van der Waals surface area contributed by atoms with Crippen molar-refractivity contribution in [2.45, 2.75) is 25.8 Å². The van der Waals surface area contributed by atoms with Crippen molar-refractivity contribution in [3.8, 4) is 17.9 Å². The number of amides is 1. The highest BCUT2D eigenvalue weighted by atomic mass is 16.5. The number of pyridine rings is 1. The molecule has 4 rings (SSSR count). The maximum absolute atomic E-state index is 12.4. The minimum absolute atomic E-state index is 0.156. The van der Waals surface area contributed by atoms with Gasteiger partial charge < -0.3 is 19.4 Å². The van der Waals surface area contributed by atoms with Crippen molar-refractivity contribution < 1.29 is 9.53 Å². The molecule has 1 amide bonds. The van der Waals surface area contributed by atoms with Crippen molar-refractivity contribution in [3.63, 3.8) is 0 Å². The molecular formula is C24H27N7O3. The zero-order valence-electron chi connectivity index (χ0n) is 19.2. The van der Waals surface area contributed by atoms with E-state index in [0.29, 0.717) is 43.9 Å². The summed E-state index contributed by atoms with van der Waals surface area (Å²) in [5, 5.41) is 15.3. The zero-order chi connectivity index (χ0) is 23.9. The molecule has 2 fully saturated rings. The molecule has 10 nitrogen and oxygen atoms in total. The Bertz CT molecular complexity index is 1170. The molecule has 2 aromatic heterocycles. The number of hydrogen-bond acceptors (Lipinski definition) is 8. The standard InChI is InChI=1S/C24H27N7O3/c1-18-21(16-27-28-24(18)33)31-8-2-4-20(31)17-34-13-3-5-23(32)30-11-9-29(10-12-30)22-7-6-19(14-25)15-26-22/h6-7,15-16,20H,2,4,8-13,17H2,1H3,(H,28,33)/t20-/m0/s1. The number of anilines is 2. The SMILES string of the molecule is Cc1c(N2CCC[C@H]2COCC#CC(=O)N2CCN(c3ccc(C#N)cn3)CC2)cn[nH]c1=O. The third-order valence-corrected chi connectivity index (χ3v) is 6.21. The van der Waals surface area contributed by atoms with E-state index < -0.39 is 0 Å². The van der Waals surface area contributed by atoms with E-state index in [2.05, 4.69) is 42.9 Å². The summed E-state index contributed by atoms with van der Waals surface area (Å²) in [7, 11) is 0. The molecule has 2 saturated heterocycles. The molecule has 0 aromatic carbocycles. The largest absolute Gasteiger partial charge is 0.367 e. The van der Waals surface area contributed by atoms with Crippen LogP contribution in [0.5, 0.6) is 0 Å². The fourth-order valence-electron chi connectivity index (χ4n) is 4.28. The molecule has 1 N–H and O–H groups in total. The molecule has 4 heterocycles. The lowest BCUT2D eigenvalue weighted by molar-refractivity contribution is -0.125. The molecule has 0 aliphatic carbocycles. The van der Waals surface area contributed by atoms with Crippen LogP contribution in [0.2, 0.25) is 0 Å². The number of nitriles is 1. The van der Waals surface area contributed by atoms with Crippen molar-refractivity contribution in [1.82, 2.24) is 20.1 Å². The van der Waals surface area contributed by atoms with E-state index >= 15 is 0 Å².